The molecule has 5 nitrogen and oxygen atoms in total. The number of anilines is 1. The molecule has 1 saturated heterocycles. The van der Waals surface area contributed by atoms with E-state index < -0.39 is 10.0 Å². The van der Waals surface area contributed by atoms with Gasteiger partial charge < -0.3 is 10.6 Å². The number of halogens is 1. The molecule has 1 heterocycles. The van der Waals surface area contributed by atoms with Crippen LogP contribution < -0.4 is 5.73 Å². The van der Waals surface area contributed by atoms with Gasteiger partial charge in [-0.25, -0.2) is 8.42 Å². The van der Waals surface area contributed by atoms with Crippen LogP contribution in [0.5, 0.6) is 0 Å². The number of nitrogens with two attached hydrogens (primary N) is 1. The Morgan fingerprint density at radius 1 is 1.35 bits per heavy atom. The summed E-state index contributed by atoms with van der Waals surface area (Å²) in [6.07, 6.45) is 2.40. The van der Waals surface area contributed by atoms with Gasteiger partial charge in [-0.05, 0) is 44.1 Å². The van der Waals surface area contributed by atoms with Gasteiger partial charge in [0.1, 0.15) is 0 Å². The van der Waals surface area contributed by atoms with E-state index in [4.69, 9.17) is 17.3 Å². The van der Waals surface area contributed by atoms with Crippen molar-refractivity contribution >= 4 is 27.3 Å². The summed E-state index contributed by atoms with van der Waals surface area (Å²) in [5, 5.41) is 0.365. The van der Waals surface area contributed by atoms with Crippen molar-refractivity contribution in [2.24, 2.45) is 0 Å². The highest BCUT2D eigenvalue weighted by atomic mass is 35.5. The van der Waals surface area contributed by atoms with Crippen molar-refractivity contribution in [2.75, 3.05) is 39.0 Å². The van der Waals surface area contributed by atoms with E-state index in [9.17, 15) is 8.42 Å². The average molecular weight is 318 g/mol. The van der Waals surface area contributed by atoms with Crippen LogP contribution in [0.4, 0.5) is 5.69 Å². The molecule has 20 heavy (non-hydrogen) atoms. The minimum absolute atomic E-state index is 0.184. The molecular weight excluding hydrogens is 298 g/mol. The first-order valence-electron chi connectivity index (χ1n) is 6.65. The second-order valence-corrected chi connectivity index (χ2v) is 7.51. The second-order valence-electron chi connectivity index (χ2n) is 5.06. The molecule has 0 bridgehead atoms. The van der Waals surface area contributed by atoms with Crippen molar-refractivity contribution in [3.63, 3.8) is 0 Å². The van der Waals surface area contributed by atoms with Crippen molar-refractivity contribution in [1.82, 2.24) is 9.21 Å². The standard InChI is InChI=1S/C13H20ClN3O2S/c1-16(8-9-17-6-2-3-7-17)20(18,19)11-4-5-12(14)13(15)10-11/h4-5,10H,2-3,6-9,15H2,1H3. The van der Waals surface area contributed by atoms with Crippen molar-refractivity contribution in [1.29, 1.82) is 0 Å². The lowest BCUT2D eigenvalue weighted by Crippen LogP contribution is -2.35. The molecule has 0 aromatic heterocycles. The highest BCUT2D eigenvalue weighted by Gasteiger charge is 2.22. The molecule has 1 fully saturated rings. The van der Waals surface area contributed by atoms with Gasteiger partial charge >= 0.3 is 0 Å². The molecule has 1 aromatic carbocycles. The van der Waals surface area contributed by atoms with E-state index in [1.807, 2.05) is 0 Å². The zero-order valence-corrected chi connectivity index (χ0v) is 13.1. The molecule has 0 saturated carbocycles. The van der Waals surface area contributed by atoms with Gasteiger partial charge in [-0.1, -0.05) is 11.6 Å². The number of likely N-dealkylation sites (N-methyl/N-ethyl adjacent to an activating group) is 1. The fraction of sp³-hybridized carbons (Fsp3) is 0.538. The number of rotatable bonds is 5. The quantitative estimate of drug-likeness (QED) is 0.838. The number of hydrogen-bond donors (Lipinski definition) is 1. The predicted molar refractivity (Wildman–Crippen MR) is 81.4 cm³/mol. The molecule has 1 aromatic rings. The minimum Gasteiger partial charge on any atom is -0.397 e. The number of nitrogen functional groups attached to an aromatic ring is 1. The van der Waals surface area contributed by atoms with Crippen LogP contribution in [0.1, 0.15) is 12.8 Å². The second kappa shape index (κ2) is 6.30. The van der Waals surface area contributed by atoms with E-state index in [0.29, 0.717) is 11.6 Å². The first kappa shape index (κ1) is 15.6. The highest BCUT2D eigenvalue weighted by Crippen LogP contribution is 2.24. The normalized spacial score (nSPS) is 16.9. The molecular formula is C13H20ClN3O2S. The van der Waals surface area contributed by atoms with Gasteiger partial charge in [-0.15, -0.1) is 0 Å². The Morgan fingerprint density at radius 2 is 2.00 bits per heavy atom. The van der Waals surface area contributed by atoms with Gasteiger partial charge in [0.15, 0.2) is 0 Å². The Kier molecular flexibility index (Phi) is 4.90. The number of nitrogens with zero attached hydrogens (tertiary/aromatic N) is 2. The van der Waals surface area contributed by atoms with Crippen LogP contribution in [0.3, 0.4) is 0 Å². The maximum absolute atomic E-state index is 12.4. The lowest BCUT2D eigenvalue weighted by Gasteiger charge is -2.21. The van der Waals surface area contributed by atoms with Gasteiger partial charge in [-0.3, -0.25) is 0 Å². The van der Waals surface area contributed by atoms with E-state index in [2.05, 4.69) is 4.90 Å². The summed E-state index contributed by atoms with van der Waals surface area (Å²) in [4.78, 5) is 2.46. The molecule has 112 valence electrons. The number of likely N-dealkylation sites (tertiary alicyclic amines) is 1. The molecule has 0 radical (unpaired) electrons. The zero-order valence-electron chi connectivity index (χ0n) is 11.5. The van der Waals surface area contributed by atoms with E-state index in [-0.39, 0.29) is 10.6 Å². The van der Waals surface area contributed by atoms with E-state index >= 15 is 0 Å². The van der Waals surface area contributed by atoms with Crippen LogP contribution in [0.2, 0.25) is 5.02 Å². The third-order valence-corrected chi connectivity index (χ3v) is 5.80. The Hall–Kier alpha value is -0.820. The molecule has 2 N–H and O–H groups in total. The van der Waals surface area contributed by atoms with E-state index in [0.717, 1.165) is 19.6 Å². The summed E-state index contributed by atoms with van der Waals surface area (Å²) in [5.74, 6) is 0. The Bertz CT molecular complexity index is 571. The van der Waals surface area contributed by atoms with Gasteiger partial charge in [-0.2, -0.15) is 4.31 Å². The Balaban J connectivity index is 2.06. The van der Waals surface area contributed by atoms with Gasteiger partial charge in [0, 0.05) is 20.1 Å². The van der Waals surface area contributed by atoms with Crippen molar-refractivity contribution in [3.8, 4) is 0 Å². The smallest absolute Gasteiger partial charge is 0.242 e. The lowest BCUT2D eigenvalue weighted by atomic mass is 10.3. The van der Waals surface area contributed by atoms with Gasteiger partial charge in [0.25, 0.3) is 0 Å². The van der Waals surface area contributed by atoms with Gasteiger partial charge in [0.2, 0.25) is 10.0 Å². The van der Waals surface area contributed by atoms with Crippen LogP contribution in [0, 0.1) is 0 Å². The SMILES string of the molecule is CN(CCN1CCCC1)S(=O)(=O)c1ccc(Cl)c(N)c1. The molecule has 0 atom stereocenters. The maximum atomic E-state index is 12.4. The van der Waals surface area contributed by atoms with Crippen LogP contribution in [-0.4, -0.2) is 50.8 Å². The van der Waals surface area contributed by atoms with E-state index in [1.54, 1.807) is 7.05 Å². The van der Waals surface area contributed by atoms with Crippen LogP contribution in [-0.2, 0) is 10.0 Å². The highest BCUT2D eigenvalue weighted by molar-refractivity contribution is 7.89. The zero-order chi connectivity index (χ0) is 14.8. The number of sulfonamides is 1. The fourth-order valence-corrected chi connectivity index (χ4v) is 3.59. The largest absolute Gasteiger partial charge is 0.397 e. The summed E-state index contributed by atoms with van der Waals surface area (Å²) in [5.41, 5.74) is 5.95. The van der Waals surface area contributed by atoms with Crippen LogP contribution >= 0.6 is 11.6 Å². The number of hydrogen-bond acceptors (Lipinski definition) is 4. The summed E-state index contributed by atoms with van der Waals surface area (Å²) < 4.78 is 26.2. The lowest BCUT2D eigenvalue weighted by molar-refractivity contribution is 0.310. The molecule has 2 rings (SSSR count). The third-order valence-electron chi connectivity index (χ3n) is 3.61. The summed E-state index contributed by atoms with van der Waals surface area (Å²) in [7, 11) is -1.91. The van der Waals surface area contributed by atoms with Crippen LogP contribution in [0.15, 0.2) is 23.1 Å². The van der Waals surface area contributed by atoms with Crippen molar-refractivity contribution in [3.05, 3.63) is 23.2 Å². The third kappa shape index (κ3) is 3.44. The Labute approximate surface area is 125 Å². The minimum atomic E-state index is -3.50. The Morgan fingerprint density at radius 3 is 2.60 bits per heavy atom. The fourth-order valence-electron chi connectivity index (χ4n) is 2.27. The molecule has 1 aliphatic rings. The molecule has 0 spiro atoms. The van der Waals surface area contributed by atoms with Crippen molar-refractivity contribution < 1.29 is 8.42 Å². The predicted octanol–water partition coefficient (Wildman–Crippen LogP) is 1.64. The molecule has 0 aliphatic carbocycles. The van der Waals surface area contributed by atoms with Crippen LogP contribution in [0.25, 0.3) is 0 Å². The molecule has 1 aliphatic heterocycles. The first-order chi connectivity index (χ1) is 9.41. The number of benzene rings is 1. The first-order valence-corrected chi connectivity index (χ1v) is 8.47. The van der Waals surface area contributed by atoms with E-state index in [1.165, 1.54) is 35.3 Å². The summed E-state index contributed by atoms with van der Waals surface area (Å²) >= 11 is 5.82. The van der Waals surface area contributed by atoms with Crippen molar-refractivity contribution in [2.45, 2.75) is 17.7 Å². The summed E-state index contributed by atoms with van der Waals surface area (Å²) in [6.45, 7) is 3.35. The molecule has 7 heteroatoms. The van der Waals surface area contributed by atoms with Gasteiger partial charge in [0.05, 0.1) is 15.6 Å². The average Bonchev–Trinajstić information content (AvgIpc) is 2.92. The molecule has 0 unspecified atom stereocenters. The summed E-state index contributed by atoms with van der Waals surface area (Å²) in [6, 6.07) is 4.41. The topological polar surface area (TPSA) is 66.6 Å². The maximum Gasteiger partial charge on any atom is 0.242 e. The molecule has 0 amide bonds. The monoisotopic (exact) mass is 317 g/mol.